The van der Waals surface area contributed by atoms with E-state index >= 15 is 0 Å². The lowest BCUT2D eigenvalue weighted by atomic mass is 9.83. The maximum absolute atomic E-state index is 13.1. The summed E-state index contributed by atoms with van der Waals surface area (Å²) in [5.41, 5.74) is 5.02. The first-order valence-corrected chi connectivity index (χ1v) is 16.8. The molecule has 0 bridgehead atoms. The smallest absolute Gasteiger partial charge is 0.255 e. The van der Waals surface area contributed by atoms with Crippen LogP contribution in [0.15, 0.2) is 48.8 Å². The number of rotatable bonds is 7. The molecule has 3 fully saturated rings. The van der Waals surface area contributed by atoms with Gasteiger partial charge in [0, 0.05) is 63.0 Å². The van der Waals surface area contributed by atoms with Crippen LogP contribution in [0.2, 0.25) is 5.02 Å². The van der Waals surface area contributed by atoms with E-state index in [0.717, 1.165) is 56.7 Å². The molecule has 2 aromatic carbocycles. The number of fused-ring (bicyclic) bond motifs is 1. The van der Waals surface area contributed by atoms with Crippen LogP contribution in [0.4, 0.5) is 11.6 Å². The topological polar surface area (TPSA) is 131 Å². The van der Waals surface area contributed by atoms with E-state index in [4.69, 9.17) is 11.6 Å². The van der Waals surface area contributed by atoms with Crippen LogP contribution in [0.3, 0.4) is 0 Å². The summed E-state index contributed by atoms with van der Waals surface area (Å²) in [4.78, 5) is 52.0. The van der Waals surface area contributed by atoms with Gasteiger partial charge in [-0.2, -0.15) is 0 Å². The second-order valence-corrected chi connectivity index (χ2v) is 13.8. The second-order valence-electron chi connectivity index (χ2n) is 13.3. The van der Waals surface area contributed by atoms with E-state index in [2.05, 4.69) is 55.5 Å². The number of carbonyl (C=O) groups is 3. The number of benzene rings is 2. The van der Waals surface area contributed by atoms with Crippen molar-refractivity contribution in [3.8, 4) is 0 Å². The van der Waals surface area contributed by atoms with E-state index in [0.29, 0.717) is 48.4 Å². The Balaban J connectivity index is 0.923. The zero-order chi connectivity index (χ0) is 32.7. The van der Waals surface area contributed by atoms with Crippen LogP contribution < -0.4 is 15.5 Å². The predicted molar refractivity (Wildman–Crippen MR) is 178 cm³/mol. The first kappa shape index (κ1) is 31.5. The van der Waals surface area contributed by atoms with E-state index in [-0.39, 0.29) is 18.2 Å². The molecule has 4 aliphatic rings. The molecule has 0 aliphatic carbocycles. The highest BCUT2D eigenvalue weighted by atomic mass is 35.5. The van der Waals surface area contributed by atoms with Crippen LogP contribution in [-0.4, -0.2) is 80.9 Å². The summed E-state index contributed by atoms with van der Waals surface area (Å²) in [6.45, 7) is 6.74. The van der Waals surface area contributed by atoms with Crippen molar-refractivity contribution >= 4 is 41.0 Å². The lowest BCUT2D eigenvalue weighted by Gasteiger charge is -2.39. The van der Waals surface area contributed by atoms with Crippen LogP contribution in [0.25, 0.3) is 0 Å². The van der Waals surface area contributed by atoms with Crippen molar-refractivity contribution in [3.63, 3.8) is 0 Å². The van der Waals surface area contributed by atoms with Crippen LogP contribution >= 0.6 is 11.6 Å². The number of piperidine rings is 3. The van der Waals surface area contributed by atoms with Gasteiger partial charge in [-0.1, -0.05) is 29.8 Å². The minimum absolute atomic E-state index is 0.199. The number of likely N-dealkylation sites (tertiary alicyclic amines) is 1. The zero-order valence-electron chi connectivity index (χ0n) is 26.5. The van der Waals surface area contributed by atoms with Crippen molar-refractivity contribution in [3.05, 3.63) is 81.6 Å². The molecular formula is C35H40ClN7O4. The van der Waals surface area contributed by atoms with E-state index in [1.54, 1.807) is 23.4 Å². The van der Waals surface area contributed by atoms with Crippen LogP contribution in [0, 0.1) is 6.92 Å². The Bertz CT molecular complexity index is 1680. The Morgan fingerprint density at radius 2 is 1.74 bits per heavy atom. The van der Waals surface area contributed by atoms with Crippen LogP contribution in [-0.2, 0) is 28.3 Å². The number of nitrogens with one attached hydrogen (secondary N) is 2. The summed E-state index contributed by atoms with van der Waals surface area (Å²) in [7, 11) is 0. The Labute approximate surface area is 279 Å². The number of amides is 3. The van der Waals surface area contributed by atoms with Gasteiger partial charge in [0.1, 0.15) is 6.04 Å². The highest BCUT2D eigenvalue weighted by molar-refractivity contribution is 6.30. The van der Waals surface area contributed by atoms with E-state index in [1.807, 2.05) is 12.1 Å². The lowest BCUT2D eigenvalue weighted by molar-refractivity contribution is -0.136. The quantitative estimate of drug-likeness (QED) is 0.325. The van der Waals surface area contributed by atoms with Crippen molar-refractivity contribution in [1.29, 1.82) is 0 Å². The van der Waals surface area contributed by atoms with Crippen molar-refractivity contribution in [1.82, 2.24) is 25.1 Å². The first-order chi connectivity index (χ1) is 22.6. The standard InChI is InChI=1S/C35H40ClN7O4/c1-22-16-28(42-12-8-27(9-13-42)39-34-37-18-26(36)19-38-34)4-2-23(22)20-41-14-10-35(47,11-15-41)25-3-5-29-24(17-25)21-43(33(29)46)30-6-7-31(44)40-32(30)45/h2-5,16-19,27,30,47H,6-15,20-21H2,1H3,(H,37,38,39)(H,40,44,45). The van der Waals surface area contributed by atoms with E-state index in [1.165, 1.54) is 16.8 Å². The van der Waals surface area contributed by atoms with E-state index < -0.39 is 17.6 Å². The second kappa shape index (κ2) is 12.9. The molecule has 0 saturated carbocycles. The van der Waals surface area contributed by atoms with Gasteiger partial charge in [0.25, 0.3) is 5.91 Å². The zero-order valence-corrected chi connectivity index (χ0v) is 27.3. The van der Waals surface area contributed by atoms with Crippen LogP contribution in [0.5, 0.6) is 0 Å². The fourth-order valence-corrected chi connectivity index (χ4v) is 7.48. The van der Waals surface area contributed by atoms with Gasteiger partial charge in [0.2, 0.25) is 17.8 Å². The number of anilines is 2. The van der Waals surface area contributed by atoms with Gasteiger partial charge in [-0.3, -0.25) is 24.6 Å². The number of aliphatic hydroxyl groups is 1. The average Bonchev–Trinajstić information content (AvgIpc) is 3.39. The molecule has 5 heterocycles. The van der Waals surface area contributed by atoms with Gasteiger partial charge in [-0.15, -0.1) is 0 Å². The van der Waals surface area contributed by atoms with Gasteiger partial charge >= 0.3 is 0 Å². The van der Waals surface area contributed by atoms with Crippen LogP contribution in [0.1, 0.15) is 71.1 Å². The molecular weight excluding hydrogens is 618 g/mol. The van der Waals surface area contributed by atoms with Gasteiger partial charge in [-0.25, -0.2) is 9.97 Å². The molecule has 1 unspecified atom stereocenters. The molecule has 3 N–H and O–H groups in total. The average molecular weight is 658 g/mol. The fourth-order valence-electron chi connectivity index (χ4n) is 7.38. The summed E-state index contributed by atoms with van der Waals surface area (Å²) in [5, 5.41) is 18.0. The number of aromatic nitrogens is 2. The molecule has 47 heavy (non-hydrogen) atoms. The summed E-state index contributed by atoms with van der Waals surface area (Å²) in [6.07, 6.45) is 6.97. The van der Waals surface area contributed by atoms with Gasteiger partial charge in [0.15, 0.2) is 0 Å². The Hall–Kier alpha value is -4.06. The largest absolute Gasteiger partial charge is 0.385 e. The Morgan fingerprint density at radius 3 is 2.45 bits per heavy atom. The third-order valence-corrected chi connectivity index (χ3v) is 10.5. The number of halogens is 1. The summed E-state index contributed by atoms with van der Waals surface area (Å²) in [6, 6.07) is 12.0. The number of carbonyl (C=O) groups excluding carboxylic acids is 3. The third kappa shape index (κ3) is 6.57. The number of hydrogen-bond donors (Lipinski definition) is 3. The van der Waals surface area contributed by atoms with Gasteiger partial charge in [0.05, 0.1) is 23.0 Å². The minimum Gasteiger partial charge on any atom is -0.385 e. The minimum atomic E-state index is -0.976. The number of aryl methyl sites for hydroxylation is 1. The summed E-state index contributed by atoms with van der Waals surface area (Å²) < 4.78 is 0. The maximum atomic E-state index is 13.1. The Kier molecular flexibility index (Phi) is 8.63. The molecule has 7 rings (SSSR count). The highest BCUT2D eigenvalue weighted by Gasteiger charge is 2.41. The lowest BCUT2D eigenvalue weighted by Crippen LogP contribution is -2.52. The van der Waals surface area contributed by atoms with Crippen molar-refractivity contribution in [2.24, 2.45) is 0 Å². The first-order valence-electron chi connectivity index (χ1n) is 16.5. The number of nitrogens with zero attached hydrogens (tertiary/aromatic N) is 5. The number of hydrogen-bond acceptors (Lipinski definition) is 9. The fraction of sp³-hybridized carbons (Fsp3) is 0.457. The van der Waals surface area contributed by atoms with Crippen molar-refractivity contribution in [2.45, 2.75) is 76.2 Å². The molecule has 0 radical (unpaired) electrons. The molecule has 3 amide bonds. The molecule has 12 heteroatoms. The SMILES string of the molecule is Cc1cc(N2CCC(Nc3ncc(Cl)cn3)CC2)ccc1CN1CCC(O)(c2ccc3c(c2)CN(C2CCC(=O)NC2=O)C3=O)CC1. The molecule has 1 aromatic heterocycles. The molecule has 11 nitrogen and oxygen atoms in total. The monoisotopic (exact) mass is 657 g/mol. The molecule has 3 saturated heterocycles. The molecule has 4 aliphatic heterocycles. The van der Waals surface area contributed by atoms with Gasteiger partial charge < -0.3 is 20.2 Å². The molecule has 1 atom stereocenters. The third-order valence-electron chi connectivity index (χ3n) is 10.3. The normalized spacial score (nSPS) is 21.9. The maximum Gasteiger partial charge on any atom is 0.255 e. The van der Waals surface area contributed by atoms with Gasteiger partial charge in [-0.05, 0) is 79.5 Å². The highest BCUT2D eigenvalue weighted by Crippen LogP contribution is 2.37. The predicted octanol–water partition coefficient (Wildman–Crippen LogP) is 3.76. The summed E-state index contributed by atoms with van der Waals surface area (Å²) >= 11 is 5.90. The molecule has 3 aromatic rings. The van der Waals surface area contributed by atoms with Crippen molar-refractivity contribution in [2.75, 3.05) is 36.4 Å². The summed E-state index contributed by atoms with van der Waals surface area (Å²) in [5.74, 6) is -0.301. The van der Waals surface area contributed by atoms with E-state index in [9.17, 15) is 19.5 Å². The molecule has 0 spiro atoms. The molecule has 246 valence electrons. The number of imide groups is 1. The Morgan fingerprint density at radius 1 is 1.00 bits per heavy atom. The van der Waals surface area contributed by atoms with Crippen molar-refractivity contribution < 1.29 is 19.5 Å².